The first-order chi connectivity index (χ1) is 7.68. The minimum Gasteiger partial charge on any atom is -0.379 e. The van der Waals surface area contributed by atoms with Gasteiger partial charge in [0.15, 0.2) is 0 Å². The summed E-state index contributed by atoms with van der Waals surface area (Å²) in [4.78, 5) is 10.6. The van der Waals surface area contributed by atoms with Gasteiger partial charge in [-0.3, -0.25) is 4.79 Å². The Morgan fingerprint density at radius 3 is 3.00 bits per heavy atom. The minimum absolute atomic E-state index is 0.0248. The van der Waals surface area contributed by atoms with Crippen molar-refractivity contribution in [1.82, 2.24) is 16.0 Å². The van der Waals surface area contributed by atoms with Crippen LogP contribution in [0.2, 0.25) is 0 Å². The maximum Gasteiger partial charge on any atom is 0.216 e. The molecule has 1 amide bonds. The zero-order valence-corrected chi connectivity index (χ0v) is 10.2. The number of rotatable bonds is 6. The van der Waals surface area contributed by atoms with Gasteiger partial charge in [-0.1, -0.05) is 0 Å². The summed E-state index contributed by atoms with van der Waals surface area (Å²) in [5.41, 5.74) is 0. The van der Waals surface area contributed by atoms with Crippen LogP contribution in [0.5, 0.6) is 0 Å². The Morgan fingerprint density at radius 2 is 2.38 bits per heavy atom. The fourth-order valence-electron chi connectivity index (χ4n) is 1.84. The van der Waals surface area contributed by atoms with Crippen LogP contribution < -0.4 is 16.0 Å². The smallest absolute Gasteiger partial charge is 0.216 e. The summed E-state index contributed by atoms with van der Waals surface area (Å²) in [6.07, 6.45) is 1.06. The van der Waals surface area contributed by atoms with Crippen LogP contribution in [0, 0.1) is 0 Å². The Morgan fingerprint density at radius 1 is 1.56 bits per heavy atom. The Labute approximate surface area is 97.3 Å². The lowest BCUT2D eigenvalue weighted by molar-refractivity contribution is -0.118. The molecule has 0 bridgehead atoms. The van der Waals surface area contributed by atoms with Gasteiger partial charge in [-0.05, 0) is 13.3 Å². The predicted octanol–water partition coefficient (Wildman–Crippen LogP) is -0.521. The minimum atomic E-state index is 0.0248. The highest BCUT2D eigenvalue weighted by Crippen LogP contribution is 2.01. The molecule has 0 saturated carbocycles. The second-order valence-corrected chi connectivity index (χ2v) is 4.30. The largest absolute Gasteiger partial charge is 0.379 e. The third-order valence-corrected chi connectivity index (χ3v) is 2.63. The highest BCUT2D eigenvalue weighted by molar-refractivity contribution is 5.72. The van der Waals surface area contributed by atoms with E-state index in [1.807, 2.05) is 0 Å². The summed E-state index contributed by atoms with van der Waals surface area (Å²) in [7, 11) is 0. The molecule has 0 aromatic heterocycles. The zero-order valence-electron chi connectivity index (χ0n) is 10.2. The van der Waals surface area contributed by atoms with E-state index in [1.54, 1.807) is 0 Å². The van der Waals surface area contributed by atoms with E-state index < -0.39 is 0 Å². The van der Waals surface area contributed by atoms with Crippen LogP contribution in [-0.2, 0) is 9.53 Å². The van der Waals surface area contributed by atoms with Crippen molar-refractivity contribution < 1.29 is 9.53 Å². The van der Waals surface area contributed by atoms with Gasteiger partial charge in [0.1, 0.15) is 0 Å². The van der Waals surface area contributed by atoms with E-state index in [1.165, 1.54) is 6.92 Å². The average Bonchev–Trinajstić information content (AvgIpc) is 2.25. The highest BCUT2D eigenvalue weighted by Gasteiger charge is 2.15. The molecule has 0 spiro atoms. The molecular weight excluding hydrogens is 206 g/mol. The number of carbonyl (C=O) groups excluding carboxylic acids is 1. The van der Waals surface area contributed by atoms with Gasteiger partial charge >= 0.3 is 0 Å². The fraction of sp³-hybridized carbons (Fsp3) is 0.909. The van der Waals surface area contributed by atoms with E-state index in [2.05, 4.69) is 22.9 Å². The van der Waals surface area contributed by atoms with Gasteiger partial charge in [-0.15, -0.1) is 0 Å². The van der Waals surface area contributed by atoms with Gasteiger partial charge in [0.05, 0.1) is 13.2 Å². The lowest BCUT2D eigenvalue weighted by Gasteiger charge is -2.26. The van der Waals surface area contributed by atoms with E-state index in [4.69, 9.17) is 4.74 Å². The molecule has 1 fully saturated rings. The molecule has 2 unspecified atom stereocenters. The van der Waals surface area contributed by atoms with Crippen molar-refractivity contribution in [2.45, 2.75) is 32.4 Å². The molecule has 5 nitrogen and oxygen atoms in total. The van der Waals surface area contributed by atoms with Crippen LogP contribution in [0.4, 0.5) is 0 Å². The van der Waals surface area contributed by atoms with Crippen LogP contribution >= 0.6 is 0 Å². The first-order valence-corrected chi connectivity index (χ1v) is 5.97. The summed E-state index contributed by atoms with van der Waals surface area (Å²) in [6.45, 7) is 7.77. The highest BCUT2D eigenvalue weighted by atomic mass is 16.5. The second-order valence-electron chi connectivity index (χ2n) is 4.30. The number of carbonyl (C=O) groups is 1. The van der Waals surface area contributed by atoms with Gasteiger partial charge in [0.25, 0.3) is 0 Å². The lowest BCUT2D eigenvalue weighted by atomic mass is 10.1. The number of nitrogens with one attached hydrogen (secondary N) is 3. The zero-order chi connectivity index (χ0) is 11.8. The Hall–Kier alpha value is -0.650. The molecule has 1 heterocycles. The summed E-state index contributed by atoms with van der Waals surface area (Å²) in [5, 5.41) is 9.56. The van der Waals surface area contributed by atoms with Gasteiger partial charge in [-0.2, -0.15) is 0 Å². The SMILES string of the molecule is CC(=O)NCCNC(C)CC1COCCN1. The summed E-state index contributed by atoms with van der Waals surface area (Å²) >= 11 is 0. The Kier molecular flexibility index (Phi) is 6.37. The molecule has 0 aromatic carbocycles. The molecule has 1 aliphatic heterocycles. The van der Waals surface area contributed by atoms with Crippen LogP contribution in [0.25, 0.3) is 0 Å². The van der Waals surface area contributed by atoms with Crippen LogP contribution in [0.3, 0.4) is 0 Å². The van der Waals surface area contributed by atoms with Gasteiger partial charge in [0.2, 0.25) is 5.91 Å². The number of morpholine rings is 1. The molecule has 0 radical (unpaired) electrons. The van der Waals surface area contributed by atoms with E-state index in [0.29, 0.717) is 18.6 Å². The van der Waals surface area contributed by atoms with Crippen molar-refractivity contribution in [3.63, 3.8) is 0 Å². The molecule has 0 aromatic rings. The summed E-state index contributed by atoms with van der Waals surface area (Å²) in [6, 6.07) is 0.893. The van der Waals surface area contributed by atoms with Crippen molar-refractivity contribution in [1.29, 1.82) is 0 Å². The molecule has 2 atom stereocenters. The topological polar surface area (TPSA) is 62.4 Å². The normalized spacial score (nSPS) is 22.8. The summed E-state index contributed by atoms with van der Waals surface area (Å²) < 4.78 is 5.39. The Bertz CT molecular complexity index is 205. The number of amides is 1. The maximum atomic E-state index is 10.6. The van der Waals surface area contributed by atoms with Crippen LogP contribution in [-0.4, -0.2) is 50.8 Å². The molecule has 5 heteroatoms. The summed E-state index contributed by atoms with van der Waals surface area (Å²) in [5.74, 6) is 0.0248. The van der Waals surface area contributed by atoms with E-state index >= 15 is 0 Å². The van der Waals surface area contributed by atoms with Crippen LogP contribution in [0.15, 0.2) is 0 Å². The molecular formula is C11H23N3O2. The molecule has 1 rings (SSSR count). The quantitative estimate of drug-likeness (QED) is 0.536. The maximum absolute atomic E-state index is 10.6. The predicted molar refractivity (Wildman–Crippen MR) is 63.4 cm³/mol. The molecule has 1 aliphatic rings. The number of ether oxygens (including phenoxy) is 1. The van der Waals surface area contributed by atoms with Crippen molar-refractivity contribution in [2.75, 3.05) is 32.8 Å². The molecule has 94 valence electrons. The molecule has 3 N–H and O–H groups in total. The molecule has 0 aliphatic carbocycles. The fourth-order valence-corrected chi connectivity index (χ4v) is 1.84. The van der Waals surface area contributed by atoms with Crippen LogP contribution in [0.1, 0.15) is 20.3 Å². The van der Waals surface area contributed by atoms with Gasteiger partial charge in [0, 0.05) is 38.6 Å². The monoisotopic (exact) mass is 229 g/mol. The third-order valence-electron chi connectivity index (χ3n) is 2.63. The standard InChI is InChI=1S/C11H23N3O2/c1-9(12-3-4-13-10(2)15)7-11-8-16-6-5-14-11/h9,11-12,14H,3-8H2,1-2H3,(H,13,15). The number of hydrogen-bond acceptors (Lipinski definition) is 4. The third kappa shape index (κ3) is 6.05. The van der Waals surface area contributed by atoms with Gasteiger partial charge in [-0.25, -0.2) is 0 Å². The average molecular weight is 229 g/mol. The first kappa shape index (κ1) is 13.4. The molecule has 1 saturated heterocycles. The van der Waals surface area contributed by atoms with E-state index in [-0.39, 0.29) is 5.91 Å². The lowest BCUT2D eigenvalue weighted by Crippen LogP contribution is -2.45. The second kappa shape index (κ2) is 7.60. The van der Waals surface area contributed by atoms with Crippen molar-refractivity contribution in [3.8, 4) is 0 Å². The number of hydrogen-bond donors (Lipinski definition) is 3. The van der Waals surface area contributed by atoms with E-state index in [9.17, 15) is 4.79 Å². The van der Waals surface area contributed by atoms with Crippen molar-refractivity contribution >= 4 is 5.91 Å². The van der Waals surface area contributed by atoms with Gasteiger partial charge < -0.3 is 20.7 Å². The van der Waals surface area contributed by atoms with Crippen molar-refractivity contribution in [2.24, 2.45) is 0 Å². The van der Waals surface area contributed by atoms with E-state index in [0.717, 1.165) is 32.7 Å². The van der Waals surface area contributed by atoms with Crippen molar-refractivity contribution in [3.05, 3.63) is 0 Å². The first-order valence-electron chi connectivity index (χ1n) is 5.97. The molecule has 16 heavy (non-hydrogen) atoms. The Balaban J connectivity index is 2.01.